The zero-order valence-electron chi connectivity index (χ0n) is 13.1. The Balaban J connectivity index is 1.70. The number of nitrogens with zero attached hydrogens (tertiary/aromatic N) is 3. The number of nitrogens with one attached hydrogen (secondary N) is 2. The van der Waals surface area contributed by atoms with E-state index in [0.717, 1.165) is 12.2 Å². The summed E-state index contributed by atoms with van der Waals surface area (Å²) in [5, 5.41) is 9.36. The Bertz CT molecular complexity index is 720. The van der Waals surface area contributed by atoms with Crippen molar-refractivity contribution < 1.29 is 14.0 Å². The van der Waals surface area contributed by atoms with Crippen molar-refractivity contribution >= 4 is 17.8 Å². The smallest absolute Gasteiger partial charge is 0.249 e. The molecule has 2 N–H and O–H groups in total. The Morgan fingerprint density at radius 3 is 2.96 bits per heavy atom. The molecule has 1 fully saturated rings. The molecule has 8 heteroatoms. The van der Waals surface area contributed by atoms with E-state index in [4.69, 9.17) is 4.42 Å². The Kier molecular flexibility index (Phi) is 4.14. The van der Waals surface area contributed by atoms with Gasteiger partial charge in [0.15, 0.2) is 11.6 Å². The molecule has 3 heterocycles. The van der Waals surface area contributed by atoms with E-state index in [0.29, 0.717) is 31.0 Å². The maximum atomic E-state index is 12.4. The van der Waals surface area contributed by atoms with E-state index >= 15 is 0 Å². The van der Waals surface area contributed by atoms with Gasteiger partial charge in [0.1, 0.15) is 11.8 Å². The van der Waals surface area contributed by atoms with Gasteiger partial charge in [-0.05, 0) is 31.9 Å². The number of aromatic amines is 1. The Labute approximate surface area is 133 Å². The van der Waals surface area contributed by atoms with Crippen LogP contribution < -0.4 is 5.32 Å². The first kappa shape index (κ1) is 15.3. The second kappa shape index (κ2) is 6.23. The number of anilines is 1. The molecule has 2 aromatic rings. The second-order valence-electron chi connectivity index (χ2n) is 5.52. The van der Waals surface area contributed by atoms with Gasteiger partial charge in [-0.25, -0.2) is 0 Å². The summed E-state index contributed by atoms with van der Waals surface area (Å²) in [5.74, 6) is 1.68. The summed E-state index contributed by atoms with van der Waals surface area (Å²) in [5.41, 5.74) is 0. The first-order valence-corrected chi connectivity index (χ1v) is 7.68. The van der Waals surface area contributed by atoms with Crippen LogP contribution in [0.5, 0.6) is 0 Å². The maximum absolute atomic E-state index is 12.4. The minimum absolute atomic E-state index is 0.0220. The van der Waals surface area contributed by atoms with E-state index < -0.39 is 6.04 Å². The molecule has 122 valence electrons. The van der Waals surface area contributed by atoms with Gasteiger partial charge in [0, 0.05) is 13.0 Å². The molecule has 8 nitrogen and oxygen atoms in total. The lowest BCUT2D eigenvalue weighted by molar-refractivity contribution is -0.135. The quantitative estimate of drug-likeness (QED) is 0.873. The fourth-order valence-electron chi connectivity index (χ4n) is 2.73. The van der Waals surface area contributed by atoms with Crippen LogP contribution >= 0.6 is 0 Å². The molecule has 0 spiro atoms. The van der Waals surface area contributed by atoms with Crippen LogP contribution in [0.1, 0.15) is 31.9 Å². The minimum Gasteiger partial charge on any atom is -0.458 e. The summed E-state index contributed by atoms with van der Waals surface area (Å²) < 4.78 is 5.45. The molecule has 0 saturated carbocycles. The summed E-state index contributed by atoms with van der Waals surface area (Å²) in [7, 11) is 0. The van der Waals surface area contributed by atoms with Gasteiger partial charge in [-0.2, -0.15) is 4.98 Å². The number of likely N-dealkylation sites (tertiary alicyclic amines) is 1. The average molecular weight is 317 g/mol. The van der Waals surface area contributed by atoms with Gasteiger partial charge in [0.25, 0.3) is 0 Å². The zero-order chi connectivity index (χ0) is 16.4. The molecule has 0 bridgehead atoms. The normalized spacial score (nSPS) is 15.9. The number of carbonyl (C=O) groups is 2. The standard InChI is InChI=1S/C15H19N5O3/c1-3-10(20-8-4-5-12(20)21)14(22)17-15-16-13(18-19-15)11-7-6-9(2)23-11/h6-7,10H,3-5,8H2,1-2H3,(H2,16,17,18,19,22)/t10-/m0/s1. The molecule has 1 aliphatic heterocycles. The van der Waals surface area contributed by atoms with Crippen LogP contribution in [0.25, 0.3) is 11.6 Å². The number of hydrogen-bond donors (Lipinski definition) is 2. The molecule has 3 rings (SSSR count). The van der Waals surface area contributed by atoms with Gasteiger partial charge in [-0.15, -0.1) is 5.10 Å². The molecule has 1 saturated heterocycles. The summed E-state index contributed by atoms with van der Waals surface area (Å²) in [6.45, 7) is 4.34. The first-order chi connectivity index (χ1) is 11.1. The lowest BCUT2D eigenvalue weighted by Crippen LogP contribution is -2.44. The number of hydrogen-bond acceptors (Lipinski definition) is 5. The van der Waals surface area contributed by atoms with Crippen molar-refractivity contribution in [1.29, 1.82) is 0 Å². The van der Waals surface area contributed by atoms with Crippen molar-refractivity contribution in [3.05, 3.63) is 17.9 Å². The highest BCUT2D eigenvalue weighted by Gasteiger charge is 2.32. The fraction of sp³-hybridized carbons (Fsp3) is 0.467. The van der Waals surface area contributed by atoms with Crippen LogP contribution in [0.15, 0.2) is 16.5 Å². The predicted octanol–water partition coefficient (Wildman–Crippen LogP) is 1.71. The molecule has 2 aromatic heterocycles. The number of rotatable bonds is 5. The number of aryl methyl sites for hydroxylation is 1. The fourth-order valence-corrected chi connectivity index (χ4v) is 2.73. The monoisotopic (exact) mass is 317 g/mol. The largest absolute Gasteiger partial charge is 0.458 e. The molecular formula is C15H19N5O3. The molecule has 2 amide bonds. The van der Waals surface area contributed by atoms with Crippen molar-refractivity contribution in [2.24, 2.45) is 0 Å². The van der Waals surface area contributed by atoms with Gasteiger partial charge >= 0.3 is 0 Å². The third-order valence-corrected chi connectivity index (χ3v) is 3.87. The molecule has 1 atom stereocenters. The molecule has 23 heavy (non-hydrogen) atoms. The summed E-state index contributed by atoms with van der Waals surface area (Å²) in [6.07, 6.45) is 1.85. The second-order valence-corrected chi connectivity index (χ2v) is 5.52. The Morgan fingerprint density at radius 2 is 2.35 bits per heavy atom. The predicted molar refractivity (Wildman–Crippen MR) is 82.5 cm³/mol. The minimum atomic E-state index is -0.488. The van der Waals surface area contributed by atoms with E-state index in [1.807, 2.05) is 19.9 Å². The number of H-pyrrole nitrogens is 1. The highest BCUT2D eigenvalue weighted by atomic mass is 16.3. The van der Waals surface area contributed by atoms with Crippen LogP contribution in [0.4, 0.5) is 5.95 Å². The van der Waals surface area contributed by atoms with E-state index in [1.54, 1.807) is 11.0 Å². The SMILES string of the molecule is CC[C@@H](C(=O)Nc1n[nH]c(-c2ccc(C)o2)n1)N1CCCC1=O. The van der Waals surface area contributed by atoms with E-state index in [-0.39, 0.29) is 17.8 Å². The number of aromatic nitrogens is 3. The third kappa shape index (κ3) is 3.10. The van der Waals surface area contributed by atoms with Gasteiger partial charge in [-0.3, -0.25) is 20.0 Å². The average Bonchev–Trinajstić information content (AvgIpc) is 3.23. The molecule has 0 unspecified atom stereocenters. The van der Waals surface area contributed by atoms with Crippen LogP contribution in [-0.2, 0) is 9.59 Å². The maximum Gasteiger partial charge on any atom is 0.249 e. The van der Waals surface area contributed by atoms with Crippen LogP contribution in [0, 0.1) is 6.92 Å². The van der Waals surface area contributed by atoms with Crippen molar-refractivity contribution in [3.63, 3.8) is 0 Å². The van der Waals surface area contributed by atoms with E-state index in [1.165, 1.54) is 0 Å². The highest BCUT2D eigenvalue weighted by Crippen LogP contribution is 2.20. The topological polar surface area (TPSA) is 104 Å². The molecule has 0 aliphatic carbocycles. The number of amides is 2. The molecular weight excluding hydrogens is 298 g/mol. The summed E-state index contributed by atoms with van der Waals surface area (Å²) in [6, 6.07) is 3.11. The summed E-state index contributed by atoms with van der Waals surface area (Å²) >= 11 is 0. The van der Waals surface area contributed by atoms with Crippen LogP contribution in [0.2, 0.25) is 0 Å². The van der Waals surface area contributed by atoms with Crippen molar-refractivity contribution in [3.8, 4) is 11.6 Å². The van der Waals surface area contributed by atoms with Crippen molar-refractivity contribution in [2.75, 3.05) is 11.9 Å². The Hall–Kier alpha value is -2.64. The zero-order valence-corrected chi connectivity index (χ0v) is 13.1. The van der Waals surface area contributed by atoms with Crippen LogP contribution in [-0.4, -0.2) is 44.5 Å². The van der Waals surface area contributed by atoms with Gasteiger partial charge in [-0.1, -0.05) is 6.92 Å². The molecule has 0 aromatic carbocycles. The van der Waals surface area contributed by atoms with E-state index in [9.17, 15) is 9.59 Å². The molecule has 0 radical (unpaired) electrons. The third-order valence-electron chi connectivity index (χ3n) is 3.87. The van der Waals surface area contributed by atoms with Crippen molar-refractivity contribution in [2.45, 2.75) is 39.2 Å². The van der Waals surface area contributed by atoms with E-state index in [2.05, 4.69) is 20.5 Å². The highest BCUT2D eigenvalue weighted by molar-refractivity contribution is 5.96. The van der Waals surface area contributed by atoms with Crippen LogP contribution in [0.3, 0.4) is 0 Å². The number of furan rings is 1. The Morgan fingerprint density at radius 1 is 1.52 bits per heavy atom. The lowest BCUT2D eigenvalue weighted by atomic mass is 10.2. The van der Waals surface area contributed by atoms with Gasteiger partial charge in [0.2, 0.25) is 17.8 Å². The van der Waals surface area contributed by atoms with Crippen molar-refractivity contribution in [1.82, 2.24) is 20.1 Å². The van der Waals surface area contributed by atoms with Gasteiger partial charge < -0.3 is 9.32 Å². The van der Waals surface area contributed by atoms with Gasteiger partial charge in [0.05, 0.1) is 0 Å². The summed E-state index contributed by atoms with van der Waals surface area (Å²) in [4.78, 5) is 30.0. The first-order valence-electron chi connectivity index (χ1n) is 7.68. The number of carbonyl (C=O) groups excluding carboxylic acids is 2. The lowest BCUT2D eigenvalue weighted by Gasteiger charge is -2.25. The molecule has 1 aliphatic rings.